The third kappa shape index (κ3) is 3.11. The highest BCUT2D eigenvalue weighted by atomic mass is 32.2. The maximum atomic E-state index is 5.18. The van der Waals surface area contributed by atoms with Gasteiger partial charge < -0.3 is 5.32 Å². The number of thioether (sulfide) groups is 1. The number of hydrogen-bond acceptors (Lipinski definition) is 4. The summed E-state index contributed by atoms with van der Waals surface area (Å²) in [7, 11) is 0. The summed E-state index contributed by atoms with van der Waals surface area (Å²) >= 11 is 1.73. The van der Waals surface area contributed by atoms with E-state index in [1.165, 1.54) is 0 Å². The van der Waals surface area contributed by atoms with Crippen LogP contribution in [0.3, 0.4) is 0 Å². The van der Waals surface area contributed by atoms with Crippen LogP contribution in [0, 0.1) is 12.3 Å². The molecule has 0 spiro atoms. The van der Waals surface area contributed by atoms with Crippen molar-refractivity contribution in [2.24, 2.45) is 0 Å². The van der Waals surface area contributed by atoms with Crippen molar-refractivity contribution in [1.29, 1.82) is 0 Å². The summed E-state index contributed by atoms with van der Waals surface area (Å²) in [5.41, 5.74) is 0. The van der Waals surface area contributed by atoms with E-state index in [1.807, 2.05) is 24.3 Å². The Morgan fingerprint density at radius 2 is 2.24 bits per heavy atom. The molecule has 17 heavy (non-hydrogen) atoms. The van der Waals surface area contributed by atoms with E-state index in [2.05, 4.69) is 21.4 Å². The predicted octanol–water partition coefficient (Wildman–Crippen LogP) is 2.41. The van der Waals surface area contributed by atoms with E-state index in [-0.39, 0.29) is 0 Å². The Bertz CT molecular complexity index is 528. The largest absolute Gasteiger partial charge is 0.367 e. The van der Waals surface area contributed by atoms with Gasteiger partial charge in [0.15, 0.2) is 5.82 Å². The second kappa shape index (κ2) is 6.12. The number of nitrogens with zero attached hydrogens (tertiary/aromatic N) is 2. The third-order valence-electron chi connectivity index (χ3n) is 2.29. The Hall–Kier alpha value is -1.73. The van der Waals surface area contributed by atoms with E-state index in [1.54, 1.807) is 18.0 Å². The lowest BCUT2D eigenvalue weighted by atomic mass is 10.2. The SMILES string of the molecule is C#CCSCCNc1nncc2ccccc12. The van der Waals surface area contributed by atoms with Crippen molar-refractivity contribution in [2.45, 2.75) is 0 Å². The lowest BCUT2D eigenvalue weighted by Crippen LogP contribution is -2.07. The van der Waals surface area contributed by atoms with Crippen LogP contribution in [0.25, 0.3) is 10.8 Å². The zero-order chi connectivity index (χ0) is 11.9. The molecule has 0 aliphatic carbocycles. The van der Waals surface area contributed by atoms with Crippen molar-refractivity contribution in [3.63, 3.8) is 0 Å². The molecule has 0 unspecified atom stereocenters. The van der Waals surface area contributed by atoms with Crippen LogP contribution in [0.1, 0.15) is 0 Å². The fourth-order valence-electron chi connectivity index (χ4n) is 1.53. The maximum Gasteiger partial charge on any atom is 0.156 e. The molecule has 1 heterocycles. The molecule has 1 aromatic carbocycles. The fraction of sp³-hybridized carbons (Fsp3) is 0.231. The number of fused-ring (bicyclic) bond motifs is 1. The zero-order valence-corrected chi connectivity index (χ0v) is 10.2. The summed E-state index contributed by atoms with van der Waals surface area (Å²) in [4.78, 5) is 0. The summed E-state index contributed by atoms with van der Waals surface area (Å²) in [5, 5.41) is 13.6. The van der Waals surface area contributed by atoms with Gasteiger partial charge in [0.25, 0.3) is 0 Å². The number of terminal acetylenes is 1. The van der Waals surface area contributed by atoms with Crippen LogP contribution in [0.2, 0.25) is 0 Å². The first-order valence-electron chi connectivity index (χ1n) is 5.37. The highest BCUT2D eigenvalue weighted by Gasteiger charge is 2.01. The van der Waals surface area contributed by atoms with Gasteiger partial charge in [-0.05, 0) is 0 Å². The van der Waals surface area contributed by atoms with E-state index >= 15 is 0 Å². The topological polar surface area (TPSA) is 37.8 Å². The number of aromatic nitrogens is 2. The summed E-state index contributed by atoms with van der Waals surface area (Å²) in [6.07, 6.45) is 6.95. The lowest BCUT2D eigenvalue weighted by Gasteiger charge is -2.06. The number of rotatable bonds is 5. The highest BCUT2D eigenvalue weighted by molar-refractivity contribution is 7.99. The molecule has 0 saturated carbocycles. The van der Waals surface area contributed by atoms with Crippen molar-refractivity contribution in [2.75, 3.05) is 23.4 Å². The van der Waals surface area contributed by atoms with Gasteiger partial charge in [-0.25, -0.2) is 0 Å². The molecular formula is C13H13N3S. The van der Waals surface area contributed by atoms with Gasteiger partial charge in [-0.2, -0.15) is 5.10 Å². The molecule has 0 saturated heterocycles. The monoisotopic (exact) mass is 243 g/mol. The van der Waals surface area contributed by atoms with Crippen molar-refractivity contribution in [3.05, 3.63) is 30.5 Å². The molecule has 0 aliphatic heterocycles. The van der Waals surface area contributed by atoms with E-state index in [9.17, 15) is 0 Å². The molecule has 1 N–H and O–H groups in total. The minimum atomic E-state index is 0.753. The second-order valence-corrected chi connectivity index (χ2v) is 4.57. The Labute approximate surface area is 105 Å². The van der Waals surface area contributed by atoms with Gasteiger partial charge >= 0.3 is 0 Å². The van der Waals surface area contributed by atoms with E-state index < -0.39 is 0 Å². The molecule has 3 nitrogen and oxygen atoms in total. The first-order chi connectivity index (χ1) is 8.42. The number of nitrogens with one attached hydrogen (secondary N) is 1. The Morgan fingerprint density at radius 3 is 3.12 bits per heavy atom. The molecule has 0 amide bonds. The number of benzene rings is 1. The Balaban J connectivity index is 2.01. The first-order valence-corrected chi connectivity index (χ1v) is 6.53. The van der Waals surface area contributed by atoms with Crippen LogP contribution >= 0.6 is 11.8 Å². The molecule has 4 heteroatoms. The second-order valence-electron chi connectivity index (χ2n) is 3.46. The van der Waals surface area contributed by atoms with Gasteiger partial charge in [0.1, 0.15) is 0 Å². The normalized spacial score (nSPS) is 10.1. The van der Waals surface area contributed by atoms with Gasteiger partial charge in [-0.3, -0.25) is 0 Å². The molecule has 0 radical (unpaired) electrons. The van der Waals surface area contributed by atoms with Crippen molar-refractivity contribution in [1.82, 2.24) is 10.2 Å². The van der Waals surface area contributed by atoms with Crippen LogP contribution in [-0.2, 0) is 0 Å². The van der Waals surface area contributed by atoms with E-state index in [0.717, 1.165) is 34.6 Å². The minimum Gasteiger partial charge on any atom is -0.367 e. The van der Waals surface area contributed by atoms with Gasteiger partial charge in [-0.1, -0.05) is 30.2 Å². The molecule has 0 atom stereocenters. The number of anilines is 1. The zero-order valence-electron chi connectivity index (χ0n) is 9.39. The molecule has 86 valence electrons. The van der Waals surface area contributed by atoms with Gasteiger partial charge in [0, 0.05) is 23.1 Å². The summed E-state index contributed by atoms with van der Waals surface area (Å²) in [6.45, 7) is 0.842. The van der Waals surface area contributed by atoms with Gasteiger partial charge in [0.05, 0.1) is 11.9 Å². The molecule has 0 bridgehead atoms. The van der Waals surface area contributed by atoms with Gasteiger partial charge in [-0.15, -0.1) is 23.3 Å². The fourth-order valence-corrected chi connectivity index (χ4v) is 2.04. The van der Waals surface area contributed by atoms with Gasteiger partial charge in [0.2, 0.25) is 0 Å². The van der Waals surface area contributed by atoms with Crippen LogP contribution in [-0.4, -0.2) is 28.2 Å². The summed E-state index contributed by atoms with van der Waals surface area (Å²) in [5.74, 6) is 5.16. The van der Waals surface area contributed by atoms with E-state index in [4.69, 9.17) is 6.42 Å². The number of hydrogen-bond donors (Lipinski definition) is 1. The molecule has 2 rings (SSSR count). The Kier molecular flexibility index (Phi) is 4.23. The standard InChI is InChI=1S/C13H13N3S/c1-2-8-17-9-7-14-13-12-6-4-3-5-11(12)10-15-16-13/h1,3-6,10H,7-9H2,(H,14,16). The molecular weight excluding hydrogens is 230 g/mol. The quantitative estimate of drug-likeness (QED) is 0.646. The van der Waals surface area contributed by atoms with Crippen LogP contribution in [0.4, 0.5) is 5.82 Å². The van der Waals surface area contributed by atoms with Crippen molar-refractivity contribution in [3.8, 4) is 12.3 Å². The first kappa shape index (κ1) is 11.7. The Morgan fingerprint density at radius 1 is 1.35 bits per heavy atom. The van der Waals surface area contributed by atoms with Crippen LogP contribution in [0.15, 0.2) is 30.5 Å². The summed E-state index contributed by atoms with van der Waals surface area (Å²) < 4.78 is 0. The molecule has 0 fully saturated rings. The van der Waals surface area contributed by atoms with E-state index in [0.29, 0.717) is 0 Å². The smallest absolute Gasteiger partial charge is 0.156 e. The maximum absolute atomic E-state index is 5.18. The molecule has 2 aromatic rings. The van der Waals surface area contributed by atoms with Crippen LogP contribution < -0.4 is 5.32 Å². The average molecular weight is 243 g/mol. The predicted molar refractivity (Wildman–Crippen MR) is 74.2 cm³/mol. The average Bonchev–Trinajstić information content (AvgIpc) is 2.39. The molecule has 1 aromatic heterocycles. The highest BCUT2D eigenvalue weighted by Crippen LogP contribution is 2.18. The lowest BCUT2D eigenvalue weighted by molar-refractivity contribution is 1.03. The third-order valence-corrected chi connectivity index (χ3v) is 3.16. The van der Waals surface area contributed by atoms with Crippen molar-refractivity contribution < 1.29 is 0 Å². The van der Waals surface area contributed by atoms with Crippen LogP contribution in [0.5, 0.6) is 0 Å². The summed E-state index contributed by atoms with van der Waals surface area (Å²) in [6, 6.07) is 8.07. The minimum absolute atomic E-state index is 0.753. The molecule has 0 aliphatic rings. The van der Waals surface area contributed by atoms with Crippen molar-refractivity contribution >= 4 is 28.4 Å².